The number of benzene rings is 1. The van der Waals surface area contributed by atoms with Crippen LogP contribution in [0.5, 0.6) is 11.5 Å². The van der Waals surface area contributed by atoms with E-state index in [0.717, 1.165) is 13.8 Å². The first kappa shape index (κ1) is 58.4. The zero-order chi connectivity index (χ0) is 52.1. The zero-order valence-corrected chi connectivity index (χ0v) is 39.9. The number of carboxylic acid groups (broad SMARTS) is 1. The summed E-state index contributed by atoms with van der Waals surface area (Å²) in [6.07, 6.45) is -1.84. The van der Waals surface area contributed by atoms with Crippen LogP contribution in [0.15, 0.2) is 22.8 Å². The van der Waals surface area contributed by atoms with Crippen LogP contribution in [-0.2, 0) is 65.0 Å². The molecule has 392 valence electrons. The number of nitrogens with zero attached hydrogens (tertiary/aromatic N) is 3. The number of rotatable bonds is 23. The number of aliphatic imine (C=N–C) groups is 1. The Balaban J connectivity index is 0.0000133. The Kier molecular flexibility index (Phi) is 21.7. The van der Waals surface area contributed by atoms with Gasteiger partial charge in [-0.15, -0.1) is 0 Å². The minimum absolute atomic E-state index is 0. The summed E-state index contributed by atoms with van der Waals surface area (Å²) in [6.45, 7) is 3.81. The maximum Gasteiger partial charge on any atom is 0.335 e. The van der Waals surface area contributed by atoms with Crippen molar-refractivity contribution in [3.63, 3.8) is 0 Å². The molecule has 3 aliphatic rings. The van der Waals surface area contributed by atoms with Gasteiger partial charge in [-0.1, -0.05) is 0 Å². The smallest absolute Gasteiger partial charge is 0.335 e. The number of nitrogens with two attached hydrogens (primary N) is 2. The molecule has 0 unspecified atom stereocenters. The molecule has 71 heavy (non-hydrogen) atoms. The zero-order valence-electron chi connectivity index (χ0n) is 38.8. The normalized spacial score (nSPS) is 19.1. The predicted molar refractivity (Wildman–Crippen MR) is 241 cm³/mol. The van der Waals surface area contributed by atoms with E-state index in [2.05, 4.69) is 42.2 Å². The number of fused-ring (bicyclic) bond motifs is 3. The quantitative estimate of drug-likeness (QED) is 0.0211. The number of carbonyl (C=O) groups excluding carboxylic acids is 9. The van der Waals surface area contributed by atoms with Gasteiger partial charge in [-0.25, -0.2) is 9.86 Å². The number of primary amides is 1. The molecule has 0 aromatic heterocycles. The van der Waals surface area contributed by atoms with E-state index in [0.29, 0.717) is 22.7 Å². The number of aliphatic hydroxyl groups excluding tert-OH is 2. The minimum Gasteiger partial charge on any atom is -0.504 e. The van der Waals surface area contributed by atoms with Crippen LogP contribution in [0.3, 0.4) is 0 Å². The van der Waals surface area contributed by atoms with Gasteiger partial charge in [0.1, 0.15) is 36.3 Å². The van der Waals surface area contributed by atoms with Crippen molar-refractivity contribution in [1.29, 1.82) is 0 Å². The molecule has 3 heterocycles. The molecule has 0 saturated carbocycles. The first-order valence-electron chi connectivity index (χ1n) is 22.3. The standard InChI is InChI=1S/C42H60N12O16.Fe/c1-18(35(61)50-23-8-6-14-53(70)41(23)67)47-39(65)31(20(3)55)51-36(62)19(2)48-40(66)32(33(60)42(68)69)52-37(63)22(43)7-4-5-12-46-38(64)25-11-13-45-34-24(49-30(59)10-9-29(44)58)15-21-16-27(56)28(57)17-26(21)54(25)34;/h15-20,22-23,25,31-33,55-57,60,70H,4-14,43H2,1-3H3,(H2,44,58)(H,46,64)(H,47,65)(H,48,66)(H,49,59)(H,50,61)(H,51,62)(H,52,63)(H,68,69);/t18-,19-,20+,22-,23+,25-,31+,32+,33+;/m0./s1. The summed E-state index contributed by atoms with van der Waals surface area (Å²) >= 11 is 0. The summed E-state index contributed by atoms with van der Waals surface area (Å²) < 4.78 is 0. The van der Waals surface area contributed by atoms with Crippen molar-refractivity contribution in [3.8, 4) is 11.5 Å². The van der Waals surface area contributed by atoms with E-state index in [-0.39, 0.29) is 93.2 Å². The van der Waals surface area contributed by atoms with Crippen molar-refractivity contribution in [1.82, 2.24) is 42.3 Å². The van der Waals surface area contributed by atoms with Crippen molar-refractivity contribution in [3.05, 3.63) is 23.4 Å². The van der Waals surface area contributed by atoms with Gasteiger partial charge in [-0.3, -0.25) is 53.4 Å². The summed E-state index contributed by atoms with van der Waals surface area (Å²) in [7, 11) is 0. The summed E-state index contributed by atoms with van der Waals surface area (Å²) in [5.41, 5.74) is 12.0. The average Bonchev–Trinajstić information content (AvgIpc) is 3.30. The fourth-order valence-corrected chi connectivity index (χ4v) is 7.41. The molecule has 0 bridgehead atoms. The summed E-state index contributed by atoms with van der Waals surface area (Å²) in [5, 5.41) is 77.3. The Hall–Kier alpha value is -6.91. The van der Waals surface area contributed by atoms with Gasteiger partial charge in [0, 0.05) is 61.2 Å². The van der Waals surface area contributed by atoms with Crippen LogP contribution in [-0.4, -0.2) is 175 Å². The number of amidine groups is 1. The predicted octanol–water partition coefficient (Wildman–Crippen LogP) is -5.28. The molecule has 1 saturated heterocycles. The molecule has 9 atom stereocenters. The van der Waals surface area contributed by atoms with Crippen LogP contribution < -0.4 is 53.6 Å². The van der Waals surface area contributed by atoms with Crippen molar-refractivity contribution in [2.24, 2.45) is 16.5 Å². The fourth-order valence-electron chi connectivity index (χ4n) is 7.41. The molecule has 4 rings (SSSR count). The van der Waals surface area contributed by atoms with Crippen LogP contribution in [0, 0.1) is 0 Å². The molecular weight excluding hydrogens is 984 g/mol. The number of aliphatic hydroxyl groups is 2. The third-order valence-electron chi connectivity index (χ3n) is 11.3. The minimum atomic E-state index is -2.54. The number of nitrogens with one attached hydrogen (secondary N) is 7. The van der Waals surface area contributed by atoms with Gasteiger partial charge in [0.25, 0.3) is 5.91 Å². The number of aliphatic carboxylic acids is 1. The number of piperidine rings is 1. The topological polar surface area (TPSA) is 447 Å². The maximum atomic E-state index is 13.6. The SMILES string of the molecule is C[C@H](NC(=O)[C@H](NC(=O)[C@H](C)NC(=O)[C@H](NC(=O)[C@@H](N)CCCCNC(=O)[C@@H]1CCN=C2C(NC(=O)CCC(N)=O)=Cc3cc(O)c(O)cc3N21)[C@@H](O)C(=O)O)[C@@H](C)O)C(=O)N[C@@H]1CCCN(O)C1=O.[Fe]. The molecule has 1 aromatic carbocycles. The number of aromatic hydroxyl groups is 2. The molecule has 1 fully saturated rings. The third kappa shape index (κ3) is 15.8. The first-order valence-corrected chi connectivity index (χ1v) is 22.3. The molecule has 9 amide bonds. The molecule has 1 aromatic rings. The van der Waals surface area contributed by atoms with E-state index in [1.165, 1.54) is 30.0 Å². The number of hydrogen-bond acceptors (Lipinski definition) is 18. The Labute approximate surface area is 416 Å². The van der Waals surface area contributed by atoms with E-state index in [1.807, 2.05) is 0 Å². The number of anilines is 1. The summed E-state index contributed by atoms with van der Waals surface area (Å²) in [6, 6.07) is -7.64. The van der Waals surface area contributed by atoms with Crippen molar-refractivity contribution < 1.29 is 95.8 Å². The molecule has 3 aliphatic heterocycles. The number of hydroxylamine groups is 2. The largest absolute Gasteiger partial charge is 0.504 e. The van der Waals surface area contributed by atoms with Gasteiger partial charge in [-0.2, -0.15) is 0 Å². The molecule has 28 nitrogen and oxygen atoms in total. The van der Waals surface area contributed by atoms with Crippen molar-refractivity contribution in [2.75, 3.05) is 24.5 Å². The number of unbranched alkanes of at least 4 members (excludes halogenated alkanes) is 1. The van der Waals surface area contributed by atoms with Gasteiger partial charge >= 0.3 is 5.97 Å². The van der Waals surface area contributed by atoms with Crippen molar-refractivity contribution >= 4 is 76.7 Å². The monoisotopic (exact) mass is 1040 g/mol. The molecular formula is C42H60FeN12O16. The number of phenols is 2. The van der Waals surface area contributed by atoms with Crippen LogP contribution in [0.1, 0.15) is 77.7 Å². The van der Waals surface area contributed by atoms with Gasteiger partial charge in [0.05, 0.1) is 23.5 Å². The fraction of sp³-hybridized carbons (Fsp3) is 0.548. The number of carbonyl (C=O) groups is 10. The van der Waals surface area contributed by atoms with E-state index in [4.69, 9.17) is 11.5 Å². The molecule has 0 radical (unpaired) electrons. The van der Waals surface area contributed by atoms with Gasteiger partial charge in [-0.05, 0) is 71.4 Å². The van der Waals surface area contributed by atoms with E-state index in [1.54, 1.807) is 0 Å². The van der Waals surface area contributed by atoms with Gasteiger partial charge in [0.15, 0.2) is 23.4 Å². The third-order valence-corrected chi connectivity index (χ3v) is 11.3. The first-order chi connectivity index (χ1) is 32.9. The molecule has 17 N–H and O–H groups in total. The second-order valence-electron chi connectivity index (χ2n) is 16.9. The Morgan fingerprint density at radius 2 is 1.45 bits per heavy atom. The molecule has 0 spiro atoms. The van der Waals surface area contributed by atoms with Crippen LogP contribution in [0.25, 0.3) is 6.08 Å². The van der Waals surface area contributed by atoms with E-state index in [9.17, 15) is 78.7 Å². The van der Waals surface area contributed by atoms with Crippen LogP contribution in [0.4, 0.5) is 5.69 Å². The number of amides is 9. The summed E-state index contributed by atoms with van der Waals surface area (Å²) in [5.74, 6) is -10.5. The Bertz CT molecular complexity index is 2280. The van der Waals surface area contributed by atoms with Crippen molar-refractivity contribution in [2.45, 2.75) is 127 Å². The average molecular weight is 1040 g/mol. The molecule has 29 heteroatoms. The Morgan fingerprint density at radius 1 is 0.831 bits per heavy atom. The van der Waals surface area contributed by atoms with Gasteiger partial charge in [0.2, 0.25) is 47.3 Å². The van der Waals surface area contributed by atoms with Crippen LogP contribution in [0.2, 0.25) is 0 Å². The number of hydrogen-bond donors (Lipinski definition) is 15. The van der Waals surface area contributed by atoms with E-state index >= 15 is 0 Å². The second-order valence-corrected chi connectivity index (χ2v) is 16.9. The second kappa shape index (κ2) is 26.3. The number of phenolic OH excluding ortho intramolecular Hbond substituents is 2. The van der Waals surface area contributed by atoms with Crippen LogP contribution >= 0.6 is 0 Å². The Morgan fingerprint density at radius 3 is 2.08 bits per heavy atom. The molecule has 0 aliphatic carbocycles. The van der Waals surface area contributed by atoms with Gasteiger partial charge < -0.3 is 79.1 Å². The summed E-state index contributed by atoms with van der Waals surface area (Å²) in [4.78, 5) is 133. The van der Waals surface area contributed by atoms with E-state index < -0.39 is 125 Å². The maximum absolute atomic E-state index is 13.6. The number of carboxylic acids is 1.